The molecule has 1 rings (SSSR count). The highest BCUT2D eigenvalue weighted by atomic mass is 16.5. The van der Waals surface area contributed by atoms with Crippen LogP contribution in [-0.4, -0.2) is 25.7 Å². The standard InChI is InChI=1S/C14H22N2O2/c1-2-10-18-11-6-9-16-14(17)13(15)12-7-4-3-5-8-12/h3-5,7-8,13H,2,6,9-11,15H2,1H3,(H,16,17)/t13-/m1/s1. The van der Waals surface area contributed by atoms with Crippen molar-refractivity contribution in [1.82, 2.24) is 5.32 Å². The Morgan fingerprint density at radius 3 is 2.72 bits per heavy atom. The molecule has 0 aliphatic heterocycles. The van der Waals surface area contributed by atoms with Crippen LogP contribution in [0.2, 0.25) is 0 Å². The maximum Gasteiger partial charge on any atom is 0.241 e. The number of hydrogen-bond acceptors (Lipinski definition) is 3. The zero-order valence-corrected chi connectivity index (χ0v) is 10.9. The summed E-state index contributed by atoms with van der Waals surface area (Å²) in [6.07, 6.45) is 1.83. The molecular formula is C14H22N2O2. The maximum atomic E-state index is 11.8. The summed E-state index contributed by atoms with van der Waals surface area (Å²) in [6.45, 7) is 4.12. The summed E-state index contributed by atoms with van der Waals surface area (Å²) in [6, 6.07) is 8.77. The molecule has 0 bridgehead atoms. The summed E-state index contributed by atoms with van der Waals surface area (Å²) in [7, 11) is 0. The Labute approximate surface area is 109 Å². The third-order valence-corrected chi connectivity index (χ3v) is 2.55. The van der Waals surface area contributed by atoms with Crippen LogP contribution in [0.25, 0.3) is 0 Å². The Hall–Kier alpha value is -1.39. The molecule has 1 aromatic carbocycles. The van der Waals surface area contributed by atoms with Crippen LogP contribution in [0.3, 0.4) is 0 Å². The molecule has 0 fully saturated rings. The lowest BCUT2D eigenvalue weighted by Crippen LogP contribution is -2.34. The number of carbonyl (C=O) groups excluding carboxylic acids is 1. The Morgan fingerprint density at radius 2 is 2.06 bits per heavy atom. The average Bonchev–Trinajstić information content (AvgIpc) is 2.42. The molecule has 4 heteroatoms. The largest absolute Gasteiger partial charge is 0.381 e. The molecule has 3 N–H and O–H groups in total. The van der Waals surface area contributed by atoms with Crippen LogP contribution >= 0.6 is 0 Å². The molecule has 0 radical (unpaired) electrons. The van der Waals surface area contributed by atoms with Gasteiger partial charge in [-0.15, -0.1) is 0 Å². The fourth-order valence-electron chi connectivity index (χ4n) is 1.55. The van der Waals surface area contributed by atoms with E-state index in [0.717, 1.165) is 25.0 Å². The summed E-state index contributed by atoms with van der Waals surface area (Å²) in [4.78, 5) is 11.8. The predicted molar refractivity (Wildman–Crippen MR) is 72.1 cm³/mol. The van der Waals surface area contributed by atoms with Gasteiger partial charge in [0.25, 0.3) is 0 Å². The molecule has 1 atom stereocenters. The second kappa shape index (κ2) is 8.66. The van der Waals surface area contributed by atoms with Crippen LogP contribution in [0.1, 0.15) is 31.4 Å². The van der Waals surface area contributed by atoms with Crippen molar-refractivity contribution < 1.29 is 9.53 Å². The first-order valence-corrected chi connectivity index (χ1v) is 6.41. The molecule has 0 aliphatic carbocycles. The van der Waals surface area contributed by atoms with Gasteiger partial charge in [-0.05, 0) is 18.4 Å². The van der Waals surface area contributed by atoms with Crippen molar-refractivity contribution in [3.05, 3.63) is 35.9 Å². The minimum absolute atomic E-state index is 0.142. The molecule has 0 unspecified atom stereocenters. The Morgan fingerprint density at radius 1 is 1.33 bits per heavy atom. The van der Waals surface area contributed by atoms with Gasteiger partial charge in [-0.2, -0.15) is 0 Å². The molecule has 0 aromatic heterocycles. The Balaban J connectivity index is 2.20. The van der Waals surface area contributed by atoms with Gasteiger partial charge in [0.1, 0.15) is 6.04 Å². The lowest BCUT2D eigenvalue weighted by molar-refractivity contribution is -0.122. The fraction of sp³-hybridized carbons (Fsp3) is 0.500. The van der Waals surface area contributed by atoms with Gasteiger partial charge >= 0.3 is 0 Å². The SMILES string of the molecule is CCCOCCCNC(=O)[C@H](N)c1ccccc1. The van der Waals surface area contributed by atoms with Gasteiger partial charge in [-0.25, -0.2) is 0 Å². The van der Waals surface area contributed by atoms with E-state index in [4.69, 9.17) is 10.5 Å². The van der Waals surface area contributed by atoms with Gasteiger partial charge in [0.2, 0.25) is 5.91 Å². The second-order valence-corrected chi connectivity index (χ2v) is 4.15. The van der Waals surface area contributed by atoms with Crippen molar-refractivity contribution in [2.75, 3.05) is 19.8 Å². The van der Waals surface area contributed by atoms with Gasteiger partial charge in [-0.3, -0.25) is 4.79 Å². The summed E-state index contributed by atoms with van der Waals surface area (Å²) >= 11 is 0. The molecule has 0 aliphatic rings. The van der Waals surface area contributed by atoms with Crippen LogP contribution in [0.5, 0.6) is 0 Å². The molecular weight excluding hydrogens is 228 g/mol. The van der Waals surface area contributed by atoms with E-state index < -0.39 is 6.04 Å². The number of rotatable bonds is 8. The van der Waals surface area contributed by atoms with E-state index in [9.17, 15) is 4.79 Å². The summed E-state index contributed by atoms with van der Waals surface area (Å²) in [5.74, 6) is -0.142. The van der Waals surface area contributed by atoms with E-state index in [2.05, 4.69) is 12.2 Å². The molecule has 0 heterocycles. The van der Waals surface area contributed by atoms with Crippen LogP contribution in [0.4, 0.5) is 0 Å². The highest BCUT2D eigenvalue weighted by Crippen LogP contribution is 2.08. The maximum absolute atomic E-state index is 11.8. The monoisotopic (exact) mass is 250 g/mol. The van der Waals surface area contributed by atoms with Crippen LogP contribution in [0.15, 0.2) is 30.3 Å². The van der Waals surface area contributed by atoms with E-state index in [1.54, 1.807) is 0 Å². The highest BCUT2D eigenvalue weighted by molar-refractivity contribution is 5.82. The van der Waals surface area contributed by atoms with Gasteiger partial charge < -0.3 is 15.8 Å². The zero-order valence-electron chi connectivity index (χ0n) is 10.9. The number of ether oxygens (including phenoxy) is 1. The summed E-state index contributed by atoms with van der Waals surface area (Å²) in [5.41, 5.74) is 6.69. The molecule has 1 aromatic rings. The minimum Gasteiger partial charge on any atom is -0.381 e. The number of nitrogens with one attached hydrogen (secondary N) is 1. The lowest BCUT2D eigenvalue weighted by Gasteiger charge is -2.12. The quantitative estimate of drug-likeness (QED) is 0.689. The third-order valence-electron chi connectivity index (χ3n) is 2.55. The van der Waals surface area contributed by atoms with Gasteiger partial charge in [0.05, 0.1) is 0 Å². The molecule has 0 saturated heterocycles. The molecule has 0 saturated carbocycles. The van der Waals surface area contributed by atoms with Gasteiger partial charge in [0.15, 0.2) is 0 Å². The number of nitrogens with two attached hydrogens (primary N) is 1. The molecule has 4 nitrogen and oxygen atoms in total. The highest BCUT2D eigenvalue weighted by Gasteiger charge is 2.14. The number of carbonyl (C=O) groups is 1. The van der Waals surface area contributed by atoms with Crippen LogP contribution in [0, 0.1) is 0 Å². The predicted octanol–water partition coefficient (Wildman–Crippen LogP) is 1.62. The number of amides is 1. The smallest absolute Gasteiger partial charge is 0.241 e. The van der Waals surface area contributed by atoms with Crippen LogP contribution < -0.4 is 11.1 Å². The van der Waals surface area contributed by atoms with Gasteiger partial charge in [-0.1, -0.05) is 37.3 Å². The van der Waals surface area contributed by atoms with Gasteiger partial charge in [0, 0.05) is 19.8 Å². The van der Waals surface area contributed by atoms with E-state index >= 15 is 0 Å². The van der Waals surface area contributed by atoms with E-state index in [1.165, 1.54) is 0 Å². The summed E-state index contributed by atoms with van der Waals surface area (Å²) < 4.78 is 5.33. The van der Waals surface area contributed by atoms with Crippen molar-refractivity contribution in [3.63, 3.8) is 0 Å². The molecule has 0 spiro atoms. The normalized spacial score (nSPS) is 12.1. The fourth-order valence-corrected chi connectivity index (χ4v) is 1.55. The average molecular weight is 250 g/mol. The first-order chi connectivity index (χ1) is 8.75. The number of hydrogen-bond donors (Lipinski definition) is 2. The van der Waals surface area contributed by atoms with Crippen molar-refractivity contribution >= 4 is 5.91 Å². The van der Waals surface area contributed by atoms with Crippen LogP contribution in [-0.2, 0) is 9.53 Å². The molecule has 100 valence electrons. The van der Waals surface area contributed by atoms with Crippen molar-refractivity contribution in [2.24, 2.45) is 5.73 Å². The third kappa shape index (κ3) is 5.29. The van der Waals surface area contributed by atoms with Crippen molar-refractivity contribution in [3.8, 4) is 0 Å². The van der Waals surface area contributed by atoms with E-state index in [1.807, 2.05) is 30.3 Å². The lowest BCUT2D eigenvalue weighted by atomic mass is 10.1. The topological polar surface area (TPSA) is 64.3 Å². The number of benzene rings is 1. The summed E-state index contributed by atoms with van der Waals surface area (Å²) in [5, 5.41) is 2.81. The van der Waals surface area contributed by atoms with Crippen molar-refractivity contribution in [1.29, 1.82) is 0 Å². The van der Waals surface area contributed by atoms with E-state index in [-0.39, 0.29) is 5.91 Å². The Bertz CT molecular complexity index is 341. The van der Waals surface area contributed by atoms with Crippen molar-refractivity contribution in [2.45, 2.75) is 25.8 Å². The zero-order chi connectivity index (χ0) is 13.2. The second-order valence-electron chi connectivity index (χ2n) is 4.15. The van der Waals surface area contributed by atoms with E-state index in [0.29, 0.717) is 13.2 Å². The molecule has 1 amide bonds. The first kappa shape index (κ1) is 14.7. The Kier molecular flexibility index (Phi) is 7.06. The molecule has 18 heavy (non-hydrogen) atoms. The first-order valence-electron chi connectivity index (χ1n) is 6.41. The minimum atomic E-state index is -0.595.